The molecule has 0 atom stereocenters. The normalized spacial score (nSPS) is 10.4. The van der Waals surface area contributed by atoms with Crippen LogP contribution in [0.15, 0.2) is 12.2 Å². The summed E-state index contributed by atoms with van der Waals surface area (Å²) in [4.78, 5) is 10.3. The van der Waals surface area contributed by atoms with Crippen LogP contribution in [-0.4, -0.2) is 5.78 Å². The first-order valence-corrected chi connectivity index (χ1v) is 3.44. The molecule has 0 saturated carbocycles. The van der Waals surface area contributed by atoms with Crippen LogP contribution in [0.4, 0.5) is 0 Å². The van der Waals surface area contributed by atoms with Gasteiger partial charge >= 0.3 is 0 Å². The zero-order valence-electron chi connectivity index (χ0n) is 6.18. The fourth-order valence-corrected chi connectivity index (χ4v) is 0.571. The minimum Gasteiger partial charge on any atom is -0.295 e. The summed E-state index contributed by atoms with van der Waals surface area (Å²) in [6, 6.07) is 0. The quantitative estimate of drug-likeness (QED) is 0.417. The number of carbonyl (C=O) groups is 1. The van der Waals surface area contributed by atoms with E-state index in [0.29, 0.717) is 0 Å². The summed E-state index contributed by atoms with van der Waals surface area (Å²) in [5.74, 6) is 0.145. The Kier molecular flexibility index (Phi) is 5.18. The second kappa shape index (κ2) is 5.54. The molecule has 0 radical (unpaired) electrons. The Morgan fingerprint density at radius 1 is 1.56 bits per heavy atom. The number of hydrogen-bond donors (Lipinski definition) is 0. The van der Waals surface area contributed by atoms with Crippen molar-refractivity contribution < 1.29 is 4.79 Å². The van der Waals surface area contributed by atoms with E-state index < -0.39 is 0 Å². The topological polar surface area (TPSA) is 17.1 Å². The summed E-state index contributed by atoms with van der Waals surface area (Å²) in [6.07, 6.45) is 6.99. The molecule has 0 spiro atoms. The number of rotatable bonds is 4. The van der Waals surface area contributed by atoms with E-state index in [4.69, 9.17) is 0 Å². The van der Waals surface area contributed by atoms with Crippen molar-refractivity contribution in [2.24, 2.45) is 0 Å². The molecule has 1 heteroatoms. The van der Waals surface area contributed by atoms with Crippen LogP contribution in [0.3, 0.4) is 0 Å². The van der Waals surface area contributed by atoms with Crippen molar-refractivity contribution in [2.75, 3.05) is 0 Å². The highest BCUT2D eigenvalue weighted by atomic mass is 16.1. The van der Waals surface area contributed by atoms with Gasteiger partial charge in [0, 0.05) is 0 Å². The molecule has 1 nitrogen and oxygen atoms in total. The molecule has 0 amide bonds. The van der Waals surface area contributed by atoms with Crippen molar-refractivity contribution >= 4 is 5.78 Å². The van der Waals surface area contributed by atoms with Gasteiger partial charge in [0.15, 0.2) is 5.78 Å². The Morgan fingerprint density at radius 2 is 2.22 bits per heavy atom. The second-order valence-electron chi connectivity index (χ2n) is 2.16. The Balaban J connectivity index is 3.15. The zero-order chi connectivity index (χ0) is 7.11. The third-order valence-electron chi connectivity index (χ3n) is 1.08. The van der Waals surface area contributed by atoms with Gasteiger partial charge in [0.2, 0.25) is 0 Å². The van der Waals surface area contributed by atoms with E-state index in [2.05, 4.69) is 6.92 Å². The lowest BCUT2D eigenvalue weighted by atomic mass is 10.2. The summed E-state index contributed by atoms with van der Waals surface area (Å²) in [5.41, 5.74) is 0. The molecule has 0 saturated heterocycles. The number of ketones is 1. The molecule has 0 aliphatic rings. The van der Waals surface area contributed by atoms with Gasteiger partial charge in [-0.3, -0.25) is 4.79 Å². The van der Waals surface area contributed by atoms with Gasteiger partial charge in [-0.1, -0.05) is 25.8 Å². The van der Waals surface area contributed by atoms with E-state index in [1.54, 1.807) is 13.0 Å². The van der Waals surface area contributed by atoms with Crippen LogP contribution in [0.1, 0.15) is 33.1 Å². The molecule has 0 unspecified atom stereocenters. The first-order valence-electron chi connectivity index (χ1n) is 3.44. The molecular formula is C8H14O. The summed E-state index contributed by atoms with van der Waals surface area (Å²) < 4.78 is 0. The van der Waals surface area contributed by atoms with Crippen LogP contribution in [0, 0.1) is 0 Å². The van der Waals surface area contributed by atoms with Crippen molar-refractivity contribution in [2.45, 2.75) is 33.1 Å². The predicted molar refractivity (Wildman–Crippen MR) is 39.3 cm³/mol. The fraction of sp³-hybridized carbons (Fsp3) is 0.625. The maximum absolute atomic E-state index is 10.3. The summed E-state index contributed by atoms with van der Waals surface area (Å²) in [7, 11) is 0. The maximum Gasteiger partial charge on any atom is 0.152 e. The fourth-order valence-electron chi connectivity index (χ4n) is 0.571. The third-order valence-corrected chi connectivity index (χ3v) is 1.08. The molecule has 0 N–H and O–H groups in total. The molecule has 0 aliphatic carbocycles. The predicted octanol–water partition coefficient (Wildman–Crippen LogP) is 2.32. The zero-order valence-corrected chi connectivity index (χ0v) is 6.18. The Labute approximate surface area is 56.8 Å². The van der Waals surface area contributed by atoms with Crippen molar-refractivity contribution in [3.63, 3.8) is 0 Å². The number of allylic oxidation sites excluding steroid dienone is 2. The Hall–Kier alpha value is -0.590. The van der Waals surface area contributed by atoms with Crippen molar-refractivity contribution in [1.29, 1.82) is 0 Å². The smallest absolute Gasteiger partial charge is 0.152 e. The Morgan fingerprint density at radius 3 is 2.67 bits per heavy atom. The number of hydrogen-bond acceptors (Lipinski definition) is 1. The molecule has 0 aromatic carbocycles. The Bertz CT molecular complexity index is 103. The SMILES string of the molecule is CCCC/C=C\C(C)=O. The van der Waals surface area contributed by atoms with Crippen molar-refractivity contribution in [3.05, 3.63) is 12.2 Å². The van der Waals surface area contributed by atoms with Crippen molar-refractivity contribution in [1.82, 2.24) is 0 Å². The molecule has 0 rings (SSSR count). The molecule has 0 bridgehead atoms. The van der Waals surface area contributed by atoms with E-state index in [1.165, 1.54) is 12.8 Å². The van der Waals surface area contributed by atoms with Gasteiger partial charge in [-0.15, -0.1) is 0 Å². The second-order valence-corrected chi connectivity index (χ2v) is 2.16. The van der Waals surface area contributed by atoms with Crippen molar-refractivity contribution in [3.8, 4) is 0 Å². The number of unbranched alkanes of at least 4 members (excludes halogenated alkanes) is 2. The highest BCUT2D eigenvalue weighted by Gasteiger charge is 1.80. The van der Waals surface area contributed by atoms with Gasteiger partial charge in [-0.2, -0.15) is 0 Å². The standard InChI is InChI=1S/C8H14O/c1-3-4-5-6-7-8(2)9/h6-7H,3-5H2,1-2H3/b7-6-. The first kappa shape index (κ1) is 8.41. The van der Waals surface area contributed by atoms with Gasteiger partial charge in [0.1, 0.15) is 0 Å². The van der Waals surface area contributed by atoms with Crippen LogP contribution in [0.5, 0.6) is 0 Å². The third kappa shape index (κ3) is 7.41. The molecule has 52 valence electrons. The average Bonchev–Trinajstić information content (AvgIpc) is 1.80. The van der Waals surface area contributed by atoms with Crippen LogP contribution in [0.25, 0.3) is 0 Å². The minimum absolute atomic E-state index is 0.145. The lowest BCUT2D eigenvalue weighted by molar-refractivity contribution is -0.112. The largest absolute Gasteiger partial charge is 0.295 e. The first-order chi connectivity index (χ1) is 4.27. The summed E-state index contributed by atoms with van der Waals surface area (Å²) in [5, 5.41) is 0. The van der Waals surface area contributed by atoms with E-state index in [1.807, 2.05) is 6.08 Å². The highest BCUT2D eigenvalue weighted by molar-refractivity contribution is 5.87. The van der Waals surface area contributed by atoms with E-state index in [9.17, 15) is 4.79 Å². The molecule has 0 aliphatic heterocycles. The maximum atomic E-state index is 10.3. The monoisotopic (exact) mass is 126 g/mol. The van der Waals surface area contributed by atoms with Gasteiger partial charge in [0.05, 0.1) is 0 Å². The van der Waals surface area contributed by atoms with E-state index in [0.717, 1.165) is 6.42 Å². The van der Waals surface area contributed by atoms with Gasteiger partial charge in [-0.25, -0.2) is 0 Å². The van der Waals surface area contributed by atoms with Crippen LogP contribution >= 0.6 is 0 Å². The molecule has 0 heterocycles. The van der Waals surface area contributed by atoms with Gasteiger partial charge in [0.25, 0.3) is 0 Å². The molecule has 9 heavy (non-hydrogen) atoms. The number of carbonyl (C=O) groups excluding carboxylic acids is 1. The molecule has 0 aromatic rings. The van der Waals surface area contributed by atoms with Crippen LogP contribution in [-0.2, 0) is 4.79 Å². The molecule has 0 fully saturated rings. The summed E-state index contributed by atoms with van der Waals surface area (Å²) in [6.45, 7) is 3.71. The average molecular weight is 126 g/mol. The van der Waals surface area contributed by atoms with Gasteiger partial charge in [-0.05, 0) is 19.4 Å². The van der Waals surface area contributed by atoms with Gasteiger partial charge < -0.3 is 0 Å². The lowest BCUT2D eigenvalue weighted by Crippen LogP contribution is -1.79. The lowest BCUT2D eigenvalue weighted by Gasteiger charge is -1.85. The van der Waals surface area contributed by atoms with Crippen LogP contribution < -0.4 is 0 Å². The van der Waals surface area contributed by atoms with E-state index >= 15 is 0 Å². The molecule has 0 aromatic heterocycles. The van der Waals surface area contributed by atoms with E-state index in [-0.39, 0.29) is 5.78 Å². The minimum atomic E-state index is 0.145. The molecular weight excluding hydrogens is 112 g/mol. The van der Waals surface area contributed by atoms with Crippen LogP contribution in [0.2, 0.25) is 0 Å². The summed E-state index contributed by atoms with van der Waals surface area (Å²) >= 11 is 0. The highest BCUT2D eigenvalue weighted by Crippen LogP contribution is 1.94.